The van der Waals surface area contributed by atoms with Crippen molar-refractivity contribution >= 4 is 44.8 Å². The van der Waals surface area contributed by atoms with Gasteiger partial charge >= 0.3 is 0 Å². The van der Waals surface area contributed by atoms with Crippen molar-refractivity contribution in [1.82, 2.24) is 4.31 Å². The van der Waals surface area contributed by atoms with E-state index in [0.717, 1.165) is 5.56 Å². The number of carbonyl (C=O) groups excluding carboxylic acids is 1. The minimum absolute atomic E-state index is 0.0418. The summed E-state index contributed by atoms with van der Waals surface area (Å²) in [5.41, 5.74) is 1.50. The molecule has 0 bridgehead atoms. The Kier molecular flexibility index (Phi) is 6.82. The van der Waals surface area contributed by atoms with Crippen LogP contribution in [0.25, 0.3) is 0 Å². The molecule has 0 aliphatic carbocycles. The Balaban J connectivity index is 1.64. The fraction of sp³-hybridized carbons (Fsp3) is 0.409. The van der Waals surface area contributed by atoms with E-state index in [2.05, 4.69) is 26.1 Å². The molecule has 1 aliphatic rings. The van der Waals surface area contributed by atoms with Crippen LogP contribution in [0.15, 0.2) is 47.4 Å². The van der Waals surface area contributed by atoms with Crippen molar-refractivity contribution in [2.75, 3.05) is 18.4 Å². The average molecular weight is 469 g/mol. The fourth-order valence-electron chi connectivity index (χ4n) is 3.47. The van der Waals surface area contributed by atoms with E-state index in [-0.39, 0.29) is 22.1 Å². The van der Waals surface area contributed by atoms with Crippen LogP contribution < -0.4 is 5.32 Å². The highest BCUT2D eigenvalue weighted by Gasteiger charge is 2.32. The van der Waals surface area contributed by atoms with Gasteiger partial charge in [-0.15, -0.1) is 0 Å². The van der Waals surface area contributed by atoms with Gasteiger partial charge in [-0.05, 0) is 48.1 Å². The lowest BCUT2D eigenvalue weighted by Crippen LogP contribution is -2.41. The Bertz CT molecular complexity index is 1020. The molecule has 1 aliphatic heterocycles. The quantitative estimate of drug-likeness (QED) is 0.658. The summed E-state index contributed by atoms with van der Waals surface area (Å²) in [6.07, 6.45) is 0.895. The van der Waals surface area contributed by atoms with Crippen LogP contribution in [-0.4, -0.2) is 31.7 Å². The first-order chi connectivity index (χ1) is 14.0. The highest BCUT2D eigenvalue weighted by molar-refractivity contribution is 7.89. The van der Waals surface area contributed by atoms with Gasteiger partial charge in [0.05, 0.1) is 20.6 Å². The molecular formula is C22H26Cl2N2O3S. The number of nitrogens with one attached hydrogen (secondary N) is 1. The molecule has 0 spiro atoms. The molecule has 0 unspecified atom stereocenters. The second kappa shape index (κ2) is 8.87. The van der Waals surface area contributed by atoms with Crippen molar-refractivity contribution in [2.45, 2.75) is 43.9 Å². The first kappa shape index (κ1) is 23.1. The average Bonchev–Trinajstić information content (AvgIpc) is 2.71. The minimum Gasteiger partial charge on any atom is -0.324 e. The Hall–Kier alpha value is -1.60. The van der Waals surface area contributed by atoms with Gasteiger partial charge in [-0.2, -0.15) is 4.31 Å². The summed E-state index contributed by atoms with van der Waals surface area (Å²) in [6, 6.07) is 12.1. The molecule has 1 heterocycles. The highest BCUT2D eigenvalue weighted by Crippen LogP contribution is 2.31. The molecule has 1 amide bonds. The molecule has 8 heteroatoms. The lowest BCUT2D eigenvalue weighted by atomic mass is 9.87. The third kappa shape index (κ3) is 4.99. The van der Waals surface area contributed by atoms with Crippen LogP contribution in [0.3, 0.4) is 0 Å². The topological polar surface area (TPSA) is 66.5 Å². The molecule has 0 radical (unpaired) electrons. The predicted octanol–water partition coefficient (Wildman–Crippen LogP) is 5.33. The van der Waals surface area contributed by atoms with E-state index in [4.69, 9.17) is 23.2 Å². The summed E-state index contributed by atoms with van der Waals surface area (Å²) in [5, 5.41) is 3.47. The monoisotopic (exact) mass is 468 g/mol. The third-order valence-electron chi connectivity index (χ3n) is 5.39. The molecule has 0 aromatic heterocycles. The summed E-state index contributed by atoms with van der Waals surface area (Å²) in [6.45, 7) is 6.85. The summed E-state index contributed by atoms with van der Waals surface area (Å²) in [4.78, 5) is 12.9. The van der Waals surface area contributed by atoms with E-state index in [9.17, 15) is 13.2 Å². The van der Waals surface area contributed by atoms with Crippen LogP contribution >= 0.6 is 23.2 Å². The fourth-order valence-corrected chi connectivity index (χ4v) is 5.29. The second-order valence-corrected chi connectivity index (χ2v) is 11.3. The maximum Gasteiger partial charge on any atom is 0.243 e. The highest BCUT2D eigenvalue weighted by atomic mass is 35.5. The molecule has 0 atom stereocenters. The predicted molar refractivity (Wildman–Crippen MR) is 122 cm³/mol. The van der Waals surface area contributed by atoms with E-state index < -0.39 is 10.0 Å². The van der Waals surface area contributed by atoms with Crippen LogP contribution in [0.2, 0.25) is 10.0 Å². The van der Waals surface area contributed by atoms with Crippen molar-refractivity contribution in [3.05, 3.63) is 58.1 Å². The van der Waals surface area contributed by atoms with Crippen LogP contribution in [-0.2, 0) is 20.2 Å². The maximum absolute atomic E-state index is 13.0. The zero-order chi connectivity index (χ0) is 22.1. The summed E-state index contributed by atoms with van der Waals surface area (Å²) in [5.74, 6) is -0.458. The van der Waals surface area contributed by atoms with Crippen molar-refractivity contribution in [3.8, 4) is 0 Å². The third-order valence-corrected chi connectivity index (χ3v) is 8.12. The number of amides is 1. The molecule has 1 N–H and O–H groups in total. The van der Waals surface area contributed by atoms with Gasteiger partial charge in [-0.25, -0.2) is 8.42 Å². The Morgan fingerprint density at radius 1 is 1.03 bits per heavy atom. The van der Waals surface area contributed by atoms with E-state index in [0.29, 0.717) is 41.7 Å². The number of sulfonamides is 1. The van der Waals surface area contributed by atoms with E-state index in [1.165, 1.54) is 4.31 Å². The van der Waals surface area contributed by atoms with Gasteiger partial charge in [0.25, 0.3) is 0 Å². The minimum atomic E-state index is -3.58. The first-order valence-electron chi connectivity index (χ1n) is 9.86. The number of hydrogen-bond donors (Lipinski definition) is 1. The van der Waals surface area contributed by atoms with Gasteiger partial charge in [0.1, 0.15) is 0 Å². The number of halogens is 2. The standard InChI is InChI=1S/C22H26Cl2N2O3S/c1-22(2,3)16-7-9-17(10-8-16)30(28,29)26-13-11-15(12-14-26)21(27)25-19-6-4-5-18(23)20(19)24/h4-10,15H,11-14H2,1-3H3,(H,25,27). The zero-order valence-electron chi connectivity index (χ0n) is 17.3. The SMILES string of the molecule is CC(C)(C)c1ccc(S(=O)(=O)N2CCC(C(=O)Nc3cccc(Cl)c3Cl)CC2)cc1. The summed E-state index contributed by atoms with van der Waals surface area (Å²) >= 11 is 12.1. The maximum atomic E-state index is 13.0. The lowest BCUT2D eigenvalue weighted by Gasteiger charge is -2.30. The Labute approximate surface area is 188 Å². The van der Waals surface area contributed by atoms with Gasteiger partial charge in [0.2, 0.25) is 15.9 Å². The smallest absolute Gasteiger partial charge is 0.243 e. The van der Waals surface area contributed by atoms with Crippen molar-refractivity contribution in [3.63, 3.8) is 0 Å². The van der Waals surface area contributed by atoms with Gasteiger partial charge in [0.15, 0.2) is 0 Å². The molecule has 0 saturated carbocycles. The van der Waals surface area contributed by atoms with E-state index >= 15 is 0 Å². The molecule has 162 valence electrons. The van der Waals surface area contributed by atoms with Gasteiger partial charge in [-0.3, -0.25) is 4.79 Å². The number of nitrogens with zero attached hydrogens (tertiary/aromatic N) is 1. The number of benzene rings is 2. The van der Waals surface area contributed by atoms with Crippen LogP contribution in [0.5, 0.6) is 0 Å². The number of rotatable bonds is 4. The second-order valence-electron chi connectivity index (χ2n) is 8.54. The van der Waals surface area contributed by atoms with Gasteiger partial charge in [0, 0.05) is 19.0 Å². The van der Waals surface area contributed by atoms with E-state index in [1.54, 1.807) is 30.3 Å². The Morgan fingerprint density at radius 2 is 1.63 bits per heavy atom. The molecule has 2 aromatic rings. The molecule has 1 saturated heterocycles. The lowest BCUT2D eigenvalue weighted by molar-refractivity contribution is -0.120. The number of anilines is 1. The van der Waals surface area contributed by atoms with Crippen molar-refractivity contribution in [2.24, 2.45) is 5.92 Å². The summed E-state index contributed by atoms with van der Waals surface area (Å²) in [7, 11) is -3.58. The van der Waals surface area contributed by atoms with Gasteiger partial charge in [-0.1, -0.05) is 62.2 Å². The zero-order valence-corrected chi connectivity index (χ0v) is 19.6. The van der Waals surface area contributed by atoms with Crippen LogP contribution in [0, 0.1) is 5.92 Å². The van der Waals surface area contributed by atoms with E-state index in [1.807, 2.05) is 12.1 Å². The molecule has 1 fully saturated rings. The summed E-state index contributed by atoms with van der Waals surface area (Å²) < 4.78 is 27.4. The number of hydrogen-bond acceptors (Lipinski definition) is 3. The van der Waals surface area contributed by atoms with Crippen molar-refractivity contribution < 1.29 is 13.2 Å². The molecule has 5 nitrogen and oxygen atoms in total. The van der Waals surface area contributed by atoms with Gasteiger partial charge < -0.3 is 5.32 Å². The van der Waals surface area contributed by atoms with Crippen LogP contribution in [0.1, 0.15) is 39.2 Å². The normalized spacial score (nSPS) is 16.4. The number of piperidine rings is 1. The molecule has 2 aromatic carbocycles. The van der Waals surface area contributed by atoms with Crippen molar-refractivity contribution in [1.29, 1.82) is 0 Å². The Morgan fingerprint density at radius 3 is 2.20 bits per heavy atom. The molecule has 3 rings (SSSR count). The largest absolute Gasteiger partial charge is 0.324 e. The molecular weight excluding hydrogens is 443 g/mol. The van der Waals surface area contributed by atoms with Crippen LogP contribution in [0.4, 0.5) is 5.69 Å². The number of carbonyl (C=O) groups is 1. The molecule has 30 heavy (non-hydrogen) atoms. The first-order valence-corrected chi connectivity index (χ1v) is 12.1.